The van der Waals surface area contributed by atoms with Crippen molar-refractivity contribution >= 4 is 5.96 Å². The monoisotopic (exact) mass is 321 g/mol. The second-order valence-corrected chi connectivity index (χ2v) is 6.08. The fourth-order valence-electron chi connectivity index (χ4n) is 2.87. The first-order chi connectivity index (χ1) is 11.2. The Labute approximate surface area is 139 Å². The molecule has 1 atom stereocenters. The predicted octanol–water partition coefficient (Wildman–Crippen LogP) is 1.99. The number of likely N-dealkylation sites (tertiary alicyclic amines) is 1. The highest BCUT2D eigenvalue weighted by Gasteiger charge is 2.26. The number of unbranched alkanes of at least 4 members (excludes halogenated alkanes) is 1. The van der Waals surface area contributed by atoms with Gasteiger partial charge < -0.3 is 15.0 Å². The van der Waals surface area contributed by atoms with Gasteiger partial charge in [0.25, 0.3) is 0 Å². The molecule has 1 saturated heterocycles. The average Bonchev–Trinajstić information content (AvgIpc) is 3.18. The van der Waals surface area contributed by atoms with Crippen molar-refractivity contribution in [2.24, 2.45) is 12.0 Å². The second-order valence-electron chi connectivity index (χ2n) is 6.08. The van der Waals surface area contributed by atoms with Crippen LogP contribution in [0, 0.1) is 0 Å². The molecule has 1 aliphatic rings. The number of hydrogen-bond acceptors (Lipinski definition) is 3. The zero-order valence-corrected chi connectivity index (χ0v) is 14.8. The van der Waals surface area contributed by atoms with Gasteiger partial charge in [0.05, 0.1) is 19.3 Å². The number of rotatable bonds is 8. The van der Waals surface area contributed by atoms with Gasteiger partial charge in [0.15, 0.2) is 5.96 Å². The van der Waals surface area contributed by atoms with Crippen LogP contribution < -0.4 is 5.32 Å². The van der Waals surface area contributed by atoms with E-state index < -0.39 is 0 Å². The molecule has 0 aromatic carbocycles. The molecule has 0 amide bonds. The van der Waals surface area contributed by atoms with Crippen molar-refractivity contribution < 1.29 is 4.74 Å². The molecule has 0 spiro atoms. The number of hydrogen-bond donors (Lipinski definition) is 1. The Morgan fingerprint density at radius 2 is 2.30 bits per heavy atom. The second kappa shape index (κ2) is 9.55. The molecule has 1 aromatic heterocycles. The number of aryl methyl sites for hydroxylation is 1. The van der Waals surface area contributed by atoms with Gasteiger partial charge in [-0.3, -0.25) is 9.67 Å². The maximum Gasteiger partial charge on any atom is 0.194 e. The van der Waals surface area contributed by atoms with Crippen LogP contribution in [0.15, 0.2) is 17.4 Å². The number of aliphatic imine (C=N–C) groups is 1. The third kappa shape index (κ3) is 5.53. The maximum absolute atomic E-state index is 5.59. The van der Waals surface area contributed by atoms with Gasteiger partial charge in [0, 0.05) is 45.4 Å². The molecule has 1 fully saturated rings. The molecule has 2 heterocycles. The summed E-state index contributed by atoms with van der Waals surface area (Å²) < 4.78 is 7.47. The molecule has 1 aliphatic heterocycles. The largest absolute Gasteiger partial charge is 0.380 e. The zero-order valence-electron chi connectivity index (χ0n) is 14.8. The molecule has 1 aromatic rings. The summed E-state index contributed by atoms with van der Waals surface area (Å²) in [6.45, 7) is 9.50. The molecule has 0 bridgehead atoms. The Hall–Kier alpha value is -1.56. The standard InChI is InChI=1S/C17H31N5O/c1-4-6-10-23-11-8-19-17(18-5-2)22-9-7-15(14-22)16-12-20-21(3)13-16/h12-13,15H,4-11,14H2,1-3H3,(H,18,19). The quantitative estimate of drug-likeness (QED) is 0.452. The van der Waals surface area contributed by atoms with E-state index in [0.29, 0.717) is 12.5 Å². The van der Waals surface area contributed by atoms with Gasteiger partial charge in [-0.15, -0.1) is 0 Å². The van der Waals surface area contributed by atoms with Crippen molar-refractivity contribution in [1.29, 1.82) is 0 Å². The van der Waals surface area contributed by atoms with E-state index in [4.69, 9.17) is 9.73 Å². The van der Waals surface area contributed by atoms with Crippen LogP contribution in [0.3, 0.4) is 0 Å². The van der Waals surface area contributed by atoms with Crippen LogP contribution in [0.2, 0.25) is 0 Å². The van der Waals surface area contributed by atoms with Gasteiger partial charge in [0.1, 0.15) is 0 Å². The summed E-state index contributed by atoms with van der Waals surface area (Å²) in [5.74, 6) is 1.56. The maximum atomic E-state index is 5.59. The van der Waals surface area contributed by atoms with Crippen molar-refractivity contribution in [2.75, 3.05) is 39.4 Å². The van der Waals surface area contributed by atoms with Crippen LogP contribution in [0.25, 0.3) is 0 Å². The normalized spacial score (nSPS) is 18.7. The lowest BCUT2D eigenvalue weighted by molar-refractivity contribution is 0.138. The van der Waals surface area contributed by atoms with E-state index in [0.717, 1.165) is 51.6 Å². The first kappa shape index (κ1) is 17.8. The minimum absolute atomic E-state index is 0.549. The Morgan fingerprint density at radius 1 is 1.43 bits per heavy atom. The van der Waals surface area contributed by atoms with E-state index in [-0.39, 0.29) is 0 Å². The van der Waals surface area contributed by atoms with Crippen LogP contribution in [0.4, 0.5) is 0 Å². The lowest BCUT2D eigenvalue weighted by atomic mass is 10.0. The topological polar surface area (TPSA) is 54.7 Å². The van der Waals surface area contributed by atoms with Gasteiger partial charge in [-0.1, -0.05) is 13.3 Å². The van der Waals surface area contributed by atoms with E-state index in [2.05, 4.69) is 35.4 Å². The van der Waals surface area contributed by atoms with E-state index in [1.54, 1.807) is 0 Å². The molecular formula is C17H31N5O. The fourth-order valence-corrected chi connectivity index (χ4v) is 2.87. The van der Waals surface area contributed by atoms with Crippen molar-refractivity contribution in [3.8, 4) is 0 Å². The molecule has 130 valence electrons. The SMILES string of the molecule is CCCCOCCN=C(NCC)N1CCC(c2cnn(C)c2)C1. The van der Waals surface area contributed by atoms with E-state index in [1.165, 1.54) is 12.0 Å². The van der Waals surface area contributed by atoms with Crippen molar-refractivity contribution in [2.45, 2.75) is 39.0 Å². The number of nitrogens with one attached hydrogen (secondary N) is 1. The summed E-state index contributed by atoms with van der Waals surface area (Å²) in [6, 6.07) is 0. The summed E-state index contributed by atoms with van der Waals surface area (Å²) in [6.07, 6.45) is 7.57. The van der Waals surface area contributed by atoms with Crippen LogP contribution in [0.5, 0.6) is 0 Å². The third-order valence-electron chi connectivity index (χ3n) is 4.16. The molecule has 2 rings (SSSR count). The summed E-state index contributed by atoms with van der Waals surface area (Å²) in [7, 11) is 1.97. The Morgan fingerprint density at radius 3 is 3.00 bits per heavy atom. The van der Waals surface area contributed by atoms with E-state index in [1.807, 2.05) is 17.9 Å². The molecule has 1 unspecified atom stereocenters. The Kier molecular flexibility index (Phi) is 7.39. The minimum atomic E-state index is 0.549. The van der Waals surface area contributed by atoms with Crippen LogP contribution >= 0.6 is 0 Å². The van der Waals surface area contributed by atoms with Crippen LogP contribution in [0.1, 0.15) is 44.6 Å². The highest BCUT2D eigenvalue weighted by Crippen LogP contribution is 2.26. The van der Waals surface area contributed by atoms with Gasteiger partial charge in [-0.2, -0.15) is 5.10 Å². The van der Waals surface area contributed by atoms with Gasteiger partial charge in [0.2, 0.25) is 0 Å². The van der Waals surface area contributed by atoms with Crippen molar-refractivity contribution in [1.82, 2.24) is 20.0 Å². The van der Waals surface area contributed by atoms with Crippen molar-refractivity contribution in [3.63, 3.8) is 0 Å². The van der Waals surface area contributed by atoms with E-state index in [9.17, 15) is 0 Å². The van der Waals surface area contributed by atoms with Crippen molar-refractivity contribution in [3.05, 3.63) is 18.0 Å². The summed E-state index contributed by atoms with van der Waals surface area (Å²) >= 11 is 0. The first-order valence-corrected chi connectivity index (χ1v) is 8.84. The highest BCUT2D eigenvalue weighted by molar-refractivity contribution is 5.80. The van der Waals surface area contributed by atoms with Crippen LogP contribution in [-0.4, -0.2) is 60.0 Å². The minimum Gasteiger partial charge on any atom is -0.380 e. The summed E-state index contributed by atoms with van der Waals surface area (Å²) in [5.41, 5.74) is 1.33. The number of nitrogens with zero attached hydrogens (tertiary/aromatic N) is 4. The predicted molar refractivity (Wildman–Crippen MR) is 93.8 cm³/mol. The number of aromatic nitrogens is 2. The average molecular weight is 321 g/mol. The number of guanidine groups is 1. The first-order valence-electron chi connectivity index (χ1n) is 8.84. The van der Waals surface area contributed by atoms with Gasteiger partial charge >= 0.3 is 0 Å². The molecular weight excluding hydrogens is 290 g/mol. The molecule has 1 N–H and O–H groups in total. The Balaban J connectivity index is 1.83. The molecule has 0 radical (unpaired) electrons. The molecule has 23 heavy (non-hydrogen) atoms. The highest BCUT2D eigenvalue weighted by atomic mass is 16.5. The third-order valence-corrected chi connectivity index (χ3v) is 4.16. The van der Waals surface area contributed by atoms with Gasteiger partial charge in [-0.05, 0) is 25.3 Å². The molecule has 6 heteroatoms. The van der Waals surface area contributed by atoms with E-state index >= 15 is 0 Å². The van der Waals surface area contributed by atoms with Gasteiger partial charge in [-0.25, -0.2) is 0 Å². The summed E-state index contributed by atoms with van der Waals surface area (Å²) in [4.78, 5) is 7.07. The zero-order chi connectivity index (χ0) is 16.5. The summed E-state index contributed by atoms with van der Waals surface area (Å²) in [5, 5.41) is 7.69. The molecule has 6 nitrogen and oxygen atoms in total. The fraction of sp³-hybridized carbons (Fsp3) is 0.765. The lowest BCUT2D eigenvalue weighted by Gasteiger charge is -2.21. The Bertz CT molecular complexity index is 485. The van der Waals surface area contributed by atoms with Crippen LogP contribution in [-0.2, 0) is 11.8 Å². The smallest absolute Gasteiger partial charge is 0.194 e. The molecule has 0 aliphatic carbocycles. The molecule has 0 saturated carbocycles. The number of ether oxygens (including phenoxy) is 1. The lowest BCUT2D eigenvalue weighted by Crippen LogP contribution is -2.40.